The van der Waals surface area contributed by atoms with E-state index in [1.807, 2.05) is 65.0 Å². The van der Waals surface area contributed by atoms with E-state index in [0.717, 1.165) is 16.5 Å². The van der Waals surface area contributed by atoms with E-state index in [9.17, 15) is 0 Å². The number of rotatable bonds is 2. The van der Waals surface area contributed by atoms with Gasteiger partial charge in [-0.1, -0.05) is 70.2 Å². The van der Waals surface area contributed by atoms with Crippen LogP contribution in [0.1, 0.15) is 40.4 Å². The molecule has 0 saturated heterocycles. The summed E-state index contributed by atoms with van der Waals surface area (Å²) >= 11 is 6.11. The summed E-state index contributed by atoms with van der Waals surface area (Å²) in [7, 11) is 0. The smallest absolute Gasteiger partial charge is 0.161 e. The molecule has 3 heteroatoms. The highest BCUT2D eigenvalue weighted by Gasteiger charge is 2.06. The van der Waals surface area contributed by atoms with Crippen molar-refractivity contribution in [2.45, 2.75) is 34.6 Å². The molecule has 0 bridgehead atoms. The minimum atomic E-state index is 0.474. The van der Waals surface area contributed by atoms with Crippen molar-refractivity contribution in [3.05, 3.63) is 67.1 Å². The van der Waals surface area contributed by atoms with Crippen LogP contribution in [-0.2, 0) is 0 Å². The predicted octanol–water partition coefficient (Wildman–Crippen LogP) is 6.73. The van der Waals surface area contributed by atoms with Gasteiger partial charge < -0.3 is 0 Å². The molecule has 120 valence electrons. The van der Waals surface area contributed by atoms with Crippen molar-refractivity contribution in [1.29, 1.82) is 0 Å². The second-order valence-electron chi connectivity index (χ2n) is 3.30. The molecule has 0 atom stereocenters. The SMILES string of the molecule is C=C.C=C/C(=C\C)c1nc(Cl)c2ccccc2n1.CC.CC. The molecule has 0 spiro atoms. The van der Waals surface area contributed by atoms with E-state index in [4.69, 9.17) is 11.6 Å². The third-order valence-electron chi connectivity index (χ3n) is 2.35. The first-order valence-electron chi connectivity index (χ1n) is 7.47. The second kappa shape index (κ2) is 14.0. The zero-order valence-corrected chi connectivity index (χ0v) is 15.1. The number of aromatic nitrogens is 2. The molecule has 0 saturated carbocycles. The van der Waals surface area contributed by atoms with Gasteiger partial charge >= 0.3 is 0 Å². The Morgan fingerprint density at radius 1 is 1.05 bits per heavy atom. The molecule has 1 aromatic carbocycles. The molecule has 0 fully saturated rings. The maximum atomic E-state index is 6.11. The molecule has 0 radical (unpaired) electrons. The van der Waals surface area contributed by atoms with Crippen LogP contribution in [0.2, 0.25) is 5.15 Å². The Kier molecular flexibility index (Phi) is 14.3. The average Bonchev–Trinajstić information content (AvgIpc) is 2.61. The number of hydrogen-bond donors (Lipinski definition) is 0. The van der Waals surface area contributed by atoms with Crippen LogP contribution in [0.4, 0.5) is 0 Å². The molecular formula is C19H27ClN2. The fourth-order valence-electron chi connectivity index (χ4n) is 1.51. The lowest BCUT2D eigenvalue weighted by Gasteiger charge is -2.04. The van der Waals surface area contributed by atoms with Crippen molar-refractivity contribution in [3.8, 4) is 0 Å². The standard InChI is InChI=1S/C13H11ClN2.2C2H6.C2H4/c1-3-9(4-2)13-15-11-8-6-5-7-10(11)12(14)16-13;3*1-2/h3-8H,1H2,2H3;2*1-2H3;1-2H2/b9-4+;;;. The number of para-hydroxylation sites is 1. The minimum absolute atomic E-state index is 0.474. The van der Waals surface area contributed by atoms with Crippen LogP contribution in [0.25, 0.3) is 16.5 Å². The van der Waals surface area contributed by atoms with Crippen molar-refractivity contribution >= 4 is 28.1 Å². The van der Waals surface area contributed by atoms with E-state index in [0.29, 0.717) is 11.0 Å². The van der Waals surface area contributed by atoms with E-state index < -0.39 is 0 Å². The number of nitrogens with zero attached hydrogens (tertiary/aromatic N) is 2. The van der Waals surface area contributed by atoms with Gasteiger partial charge in [-0.25, -0.2) is 9.97 Å². The summed E-state index contributed by atoms with van der Waals surface area (Å²) in [6.07, 6.45) is 3.63. The first kappa shape index (κ1) is 22.4. The zero-order chi connectivity index (χ0) is 17.5. The van der Waals surface area contributed by atoms with Gasteiger partial charge in [-0.05, 0) is 19.1 Å². The van der Waals surface area contributed by atoms with E-state index in [1.54, 1.807) is 6.08 Å². The van der Waals surface area contributed by atoms with Gasteiger partial charge in [0.05, 0.1) is 5.52 Å². The molecule has 0 amide bonds. The van der Waals surface area contributed by atoms with Crippen molar-refractivity contribution in [2.24, 2.45) is 0 Å². The van der Waals surface area contributed by atoms with Gasteiger partial charge in [0, 0.05) is 11.0 Å². The fourth-order valence-corrected chi connectivity index (χ4v) is 1.75. The number of allylic oxidation sites excluding steroid dienone is 3. The lowest BCUT2D eigenvalue weighted by molar-refractivity contribution is 1.17. The molecule has 2 rings (SSSR count). The third kappa shape index (κ3) is 6.23. The third-order valence-corrected chi connectivity index (χ3v) is 2.63. The van der Waals surface area contributed by atoms with Gasteiger partial charge in [0.1, 0.15) is 5.15 Å². The highest BCUT2D eigenvalue weighted by Crippen LogP contribution is 2.22. The molecule has 0 aliphatic carbocycles. The summed E-state index contributed by atoms with van der Waals surface area (Å²) in [6, 6.07) is 7.67. The predicted molar refractivity (Wildman–Crippen MR) is 102 cm³/mol. The summed E-state index contributed by atoms with van der Waals surface area (Å²) in [5, 5.41) is 1.34. The Morgan fingerprint density at radius 2 is 1.59 bits per heavy atom. The van der Waals surface area contributed by atoms with Gasteiger partial charge in [-0.3, -0.25) is 0 Å². The first-order chi connectivity index (χ1) is 10.8. The molecule has 0 unspecified atom stereocenters. The van der Waals surface area contributed by atoms with Gasteiger partial charge in [0.2, 0.25) is 0 Å². The van der Waals surface area contributed by atoms with Crippen LogP contribution >= 0.6 is 11.6 Å². The maximum Gasteiger partial charge on any atom is 0.161 e. The molecule has 2 nitrogen and oxygen atoms in total. The monoisotopic (exact) mass is 318 g/mol. The van der Waals surface area contributed by atoms with Gasteiger partial charge in [0.25, 0.3) is 0 Å². The van der Waals surface area contributed by atoms with E-state index in [-0.39, 0.29) is 0 Å². The Morgan fingerprint density at radius 3 is 2.09 bits per heavy atom. The fraction of sp³-hybridized carbons (Fsp3) is 0.263. The number of halogens is 1. The van der Waals surface area contributed by atoms with E-state index in [2.05, 4.69) is 29.7 Å². The van der Waals surface area contributed by atoms with Crippen LogP contribution in [-0.4, -0.2) is 9.97 Å². The van der Waals surface area contributed by atoms with Crippen molar-refractivity contribution < 1.29 is 0 Å². The van der Waals surface area contributed by atoms with Crippen LogP contribution < -0.4 is 0 Å². The largest absolute Gasteiger partial charge is 0.228 e. The Hall–Kier alpha value is -1.93. The minimum Gasteiger partial charge on any atom is -0.228 e. The molecule has 2 aromatic rings. The van der Waals surface area contributed by atoms with Crippen LogP contribution in [0, 0.1) is 0 Å². The number of fused-ring (bicyclic) bond motifs is 1. The molecule has 0 aliphatic rings. The summed E-state index contributed by atoms with van der Waals surface area (Å²) < 4.78 is 0. The second-order valence-corrected chi connectivity index (χ2v) is 3.66. The van der Waals surface area contributed by atoms with Crippen molar-refractivity contribution in [1.82, 2.24) is 9.97 Å². The zero-order valence-electron chi connectivity index (χ0n) is 14.4. The lowest BCUT2D eigenvalue weighted by atomic mass is 10.2. The summed E-state index contributed by atoms with van der Waals surface area (Å²) in [4.78, 5) is 8.70. The van der Waals surface area contributed by atoms with Crippen LogP contribution in [0.5, 0.6) is 0 Å². The maximum absolute atomic E-state index is 6.11. The highest BCUT2D eigenvalue weighted by atomic mass is 35.5. The topological polar surface area (TPSA) is 25.8 Å². The van der Waals surface area contributed by atoms with Gasteiger partial charge in [-0.2, -0.15) is 0 Å². The van der Waals surface area contributed by atoms with E-state index in [1.165, 1.54) is 0 Å². The van der Waals surface area contributed by atoms with E-state index >= 15 is 0 Å². The Labute approximate surface area is 140 Å². The molecule has 1 aromatic heterocycles. The molecular weight excluding hydrogens is 292 g/mol. The molecule has 0 N–H and O–H groups in total. The van der Waals surface area contributed by atoms with Crippen molar-refractivity contribution in [3.63, 3.8) is 0 Å². The summed E-state index contributed by atoms with van der Waals surface area (Å²) in [5.41, 5.74) is 1.73. The average molecular weight is 319 g/mol. The number of benzene rings is 1. The van der Waals surface area contributed by atoms with Gasteiger partial charge in [-0.15, -0.1) is 13.2 Å². The lowest BCUT2D eigenvalue weighted by Crippen LogP contribution is -1.94. The van der Waals surface area contributed by atoms with Crippen molar-refractivity contribution in [2.75, 3.05) is 0 Å². The number of hydrogen-bond acceptors (Lipinski definition) is 2. The van der Waals surface area contributed by atoms with Gasteiger partial charge in [0.15, 0.2) is 5.82 Å². The Bertz CT molecular complexity index is 589. The normalized spacial score (nSPS) is 9.27. The van der Waals surface area contributed by atoms with Crippen LogP contribution in [0.15, 0.2) is 56.2 Å². The molecule has 0 aliphatic heterocycles. The van der Waals surface area contributed by atoms with Crippen LogP contribution in [0.3, 0.4) is 0 Å². The molecule has 1 heterocycles. The quantitative estimate of drug-likeness (QED) is 0.348. The Balaban J connectivity index is 0. The summed E-state index contributed by atoms with van der Waals surface area (Å²) in [5.74, 6) is 0.612. The highest BCUT2D eigenvalue weighted by molar-refractivity contribution is 6.34. The molecule has 22 heavy (non-hydrogen) atoms. The first-order valence-corrected chi connectivity index (χ1v) is 7.85. The summed E-state index contributed by atoms with van der Waals surface area (Å²) in [6.45, 7) is 19.6.